The molecule has 0 spiro atoms. The maximum absolute atomic E-state index is 12.8. The molecule has 1 aromatic rings. The zero-order valence-corrected chi connectivity index (χ0v) is 10.3. The molecule has 0 atom stereocenters. The van der Waals surface area contributed by atoms with Crippen molar-refractivity contribution in [2.24, 2.45) is 5.84 Å². The van der Waals surface area contributed by atoms with E-state index < -0.39 is 17.6 Å². The summed E-state index contributed by atoms with van der Waals surface area (Å²) in [7, 11) is 0. The van der Waals surface area contributed by atoms with Crippen molar-refractivity contribution in [3.05, 3.63) is 29.3 Å². The van der Waals surface area contributed by atoms with Gasteiger partial charge in [0.05, 0.1) is 11.3 Å². The van der Waals surface area contributed by atoms with Gasteiger partial charge < -0.3 is 10.7 Å². The number of alkyl halides is 3. The molecule has 2 rings (SSSR count). The molecular weight excluding hydrogens is 259 g/mol. The van der Waals surface area contributed by atoms with Crippen LogP contribution in [0.4, 0.5) is 18.9 Å². The van der Waals surface area contributed by atoms with Crippen LogP contribution >= 0.6 is 0 Å². The maximum Gasteiger partial charge on any atom is 0.411 e. The number of carbonyl (C=O) groups is 1. The van der Waals surface area contributed by atoms with Crippen LogP contribution in [0.1, 0.15) is 28.8 Å². The first kappa shape index (κ1) is 13.7. The highest BCUT2D eigenvalue weighted by Crippen LogP contribution is 2.49. The minimum Gasteiger partial charge on any atom is -0.338 e. The number of carbonyl (C=O) groups excluding carboxylic acids is 1. The van der Waals surface area contributed by atoms with Crippen LogP contribution in [0.2, 0.25) is 0 Å². The fraction of sp³-hybridized carbons (Fsp3) is 0.417. The molecule has 0 aromatic heterocycles. The Morgan fingerprint density at radius 2 is 2.00 bits per heavy atom. The number of benzene rings is 1. The molecule has 4 N–H and O–H groups in total. The van der Waals surface area contributed by atoms with Gasteiger partial charge in [-0.1, -0.05) is 6.07 Å². The molecule has 1 saturated carbocycles. The van der Waals surface area contributed by atoms with E-state index in [1.807, 2.05) is 0 Å². The van der Waals surface area contributed by atoms with Gasteiger partial charge in [-0.3, -0.25) is 10.6 Å². The van der Waals surface area contributed by atoms with E-state index in [1.54, 1.807) is 19.1 Å². The molecule has 4 nitrogen and oxygen atoms in total. The van der Waals surface area contributed by atoms with Crippen LogP contribution in [0.5, 0.6) is 0 Å². The van der Waals surface area contributed by atoms with Gasteiger partial charge in [-0.15, -0.1) is 0 Å². The molecule has 0 bridgehead atoms. The lowest BCUT2D eigenvalue weighted by Crippen LogP contribution is -2.48. The first-order valence-corrected chi connectivity index (χ1v) is 5.75. The van der Waals surface area contributed by atoms with Crippen molar-refractivity contribution in [1.29, 1.82) is 0 Å². The molecule has 1 aliphatic rings. The molecule has 1 aromatic carbocycles. The minimum absolute atomic E-state index is 0.0838. The normalized spacial score (nSPS) is 16.9. The third kappa shape index (κ3) is 2.51. The number of anilines is 1. The predicted octanol–water partition coefficient (Wildman–Crippen LogP) is 2.11. The summed E-state index contributed by atoms with van der Waals surface area (Å²) >= 11 is 0. The summed E-state index contributed by atoms with van der Waals surface area (Å²) in [6.45, 7) is 1.79. The van der Waals surface area contributed by atoms with Crippen LogP contribution in [-0.4, -0.2) is 17.6 Å². The van der Waals surface area contributed by atoms with E-state index in [0.717, 1.165) is 5.56 Å². The number of hydrogen-bond donors (Lipinski definition) is 3. The lowest BCUT2D eigenvalue weighted by molar-refractivity contribution is -0.163. The summed E-state index contributed by atoms with van der Waals surface area (Å²) in [5, 5.41) is 2.06. The number of hydrazine groups is 1. The topological polar surface area (TPSA) is 67.2 Å². The molecule has 1 fully saturated rings. The van der Waals surface area contributed by atoms with E-state index >= 15 is 0 Å². The second-order valence-electron chi connectivity index (χ2n) is 4.73. The van der Waals surface area contributed by atoms with Crippen molar-refractivity contribution in [3.63, 3.8) is 0 Å². The first-order valence-electron chi connectivity index (χ1n) is 5.75. The van der Waals surface area contributed by atoms with Gasteiger partial charge in [0.2, 0.25) is 0 Å². The van der Waals surface area contributed by atoms with Crippen LogP contribution in [0.3, 0.4) is 0 Å². The van der Waals surface area contributed by atoms with Crippen molar-refractivity contribution in [3.8, 4) is 0 Å². The Hall–Kier alpha value is -1.76. The molecule has 104 valence electrons. The Balaban J connectivity index is 2.22. The summed E-state index contributed by atoms with van der Waals surface area (Å²) in [4.78, 5) is 11.9. The van der Waals surface area contributed by atoms with Gasteiger partial charge in [0.15, 0.2) is 0 Å². The zero-order chi connectivity index (χ0) is 14.3. The van der Waals surface area contributed by atoms with E-state index in [-0.39, 0.29) is 18.4 Å². The molecule has 1 amide bonds. The Kier molecular flexibility index (Phi) is 3.17. The molecular formula is C12H14F3N3O. The quantitative estimate of drug-likeness (QED) is 0.583. The number of nitrogens with two attached hydrogens (primary N) is 1. The molecule has 1 aliphatic carbocycles. The summed E-state index contributed by atoms with van der Waals surface area (Å²) in [5.74, 6) is 4.50. The number of rotatable bonds is 3. The Morgan fingerprint density at radius 3 is 2.47 bits per heavy atom. The second-order valence-corrected chi connectivity index (χ2v) is 4.73. The van der Waals surface area contributed by atoms with E-state index in [1.165, 1.54) is 6.07 Å². The van der Waals surface area contributed by atoms with Gasteiger partial charge in [-0.25, -0.2) is 0 Å². The van der Waals surface area contributed by atoms with Crippen molar-refractivity contribution in [1.82, 2.24) is 5.32 Å². The van der Waals surface area contributed by atoms with Gasteiger partial charge in [0.1, 0.15) is 5.54 Å². The van der Waals surface area contributed by atoms with Gasteiger partial charge >= 0.3 is 6.18 Å². The van der Waals surface area contributed by atoms with E-state index in [9.17, 15) is 18.0 Å². The van der Waals surface area contributed by atoms with Gasteiger partial charge in [-0.05, 0) is 37.5 Å². The Labute approximate surface area is 108 Å². The third-order valence-corrected chi connectivity index (χ3v) is 3.22. The van der Waals surface area contributed by atoms with Crippen molar-refractivity contribution < 1.29 is 18.0 Å². The number of aryl methyl sites for hydroxylation is 1. The lowest BCUT2D eigenvalue weighted by Gasteiger charge is -2.21. The van der Waals surface area contributed by atoms with Crippen molar-refractivity contribution in [2.75, 3.05) is 5.43 Å². The molecule has 0 heterocycles. The van der Waals surface area contributed by atoms with Gasteiger partial charge in [0, 0.05) is 0 Å². The van der Waals surface area contributed by atoms with E-state index in [2.05, 4.69) is 10.7 Å². The molecule has 19 heavy (non-hydrogen) atoms. The summed E-state index contributed by atoms with van der Waals surface area (Å²) in [5.41, 5.74) is 1.50. The Bertz CT molecular complexity index is 509. The smallest absolute Gasteiger partial charge is 0.338 e. The molecule has 0 aliphatic heterocycles. The predicted molar refractivity (Wildman–Crippen MR) is 64.5 cm³/mol. The van der Waals surface area contributed by atoms with Crippen LogP contribution < -0.4 is 16.6 Å². The zero-order valence-electron chi connectivity index (χ0n) is 10.3. The number of nitrogen functional groups attached to an aromatic ring is 1. The van der Waals surface area contributed by atoms with Crippen LogP contribution in [0.15, 0.2) is 18.2 Å². The summed E-state index contributed by atoms with van der Waals surface area (Å²) < 4.78 is 38.3. The third-order valence-electron chi connectivity index (χ3n) is 3.22. The average Bonchev–Trinajstić information content (AvgIpc) is 3.08. The van der Waals surface area contributed by atoms with Crippen LogP contribution in [0.25, 0.3) is 0 Å². The first-order chi connectivity index (χ1) is 8.79. The van der Waals surface area contributed by atoms with Gasteiger partial charge in [-0.2, -0.15) is 13.2 Å². The van der Waals surface area contributed by atoms with Crippen molar-refractivity contribution in [2.45, 2.75) is 31.5 Å². The molecule has 7 heteroatoms. The van der Waals surface area contributed by atoms with Crippen molar-refractivity contribution >= 4 is 11.6 Å². The number of nitrogens with one attached hydrogen (secondary N) is 2. The highest BCUT2D eigenvalue weighted by molar-refractivity contribution is 6.00. The standard InChI is InChI=1S/C12H14F3N3O/c1-7-2-3-8(9(6-7)18-16)10(19)17-11(4-5-11)12(13,14)15/h2-3,6,18H,4-5,16H2,1H3,(H,17,19). The number of hydrogen-bond acceptors (Lipinski definition) is 3. The van der Waals surface area contributed by atoms with E-state index in [4.69, 9.17) is 5.84 Å². The highest BCUT2D eigenvalue weighted by Gasteiger charge is 2.64. The monoisotopic (exact) mass is 273 g/mol. The van der Waals surface area contributed by atoms with Crippen LogP contribution in [0, 0.1) is 6.92 Å². The Morgan fingerprint density at radius 1 is 1.37 bits per heavy atom. The summed E-state index contributed by atoms with van der Waals surface area (Å²) in [6.07, 6.45) is -4.59. The number of amides is 1. The molecule has 0 saturated heterocycles. The average molecular weight is 273 g/mol. The fourth-order valence-corrected chi connectivity index (χ4v) is 1.86. The maximum atomic E-state index is 12.8. The largest absolute Gasteiger partial charge is 0.411 e. The molecule has 0 unspecified atom stereocenters. The fourth-order valence-electron chi connectivity index (χ4n) is 1.86. The second kappa shape index (κ2) is 4.41. The SMILES string of the molecule is Cc1ccc(C(=O)NC2(C(F)(F)F)CC2)c(NN)c1. The van der Waals surface area contributed by atoms with E-state index in [0.29, 0.717) is 5.69 Å². The minimum atomic E-state index is -4.43. The van der Waals surface area contributed by atoms with Gasteiger partial charge in [0.25, 0.3) is 5.91 Å². The highest BCUT2D eigenvalue weighted by atomic mass is 19.4. The molecule has 0 radical (unpaired) electrons. The number of halogens is 3. The summed E-state index contributed by atoms with van der Waals surface area (Å²) in [6, 6.07) is 4.69. The lowest BCUT2D eigenvalue weighted by atomic mass is 10.1. The van der Waals surface area contributed by atoms with Crippen LogP contribution in [-0.2, 0) is 0 Å².